The number of fused-ring (bicyclic) bond motifs is 1. The molecule has 260 valence electrons. The maximum Gasteiger partial charge on any atom is 0.306 e. The summed E-state index contributed by atoms with van der Waals surface area (Å²) in [6.07, 6.45) is 4.19. The van der Waals surface area contributed by atoms with Crippen LogP contribution >= 0.6 is 34.5 Å². The van der Waals surface area contributed by atoms with Crippen LogP contribution in [-0.4, -0.2) is 75.3 Å². The molecule has 11 heteroatoms. The SMILES string of the molecule is COc1cc(-c2cccc(-c3cccc(Cc4nccc5sc(CN6CCC(C(=O)O)CC6)nc45)c3Cl)c2Cl)cc(C)c1CN1CCC(O)C1. The van der Waals surface area contributed by atoms with Gasteiger partial charge in [0.05, 0.1) is 46.1 Å². The van der Waals surface area contributed by atoms with E-state index in [4.69, 9.17) is 37.9 Å². The number of pyridine rings is 1. The first-order chi connectivity index (χ1) is 24.2. The molecule has 0 aliphatic carbocycles. The van der Waals surface area contributed by atoms with Gasteiger partial charge in [-0.05, 0) is 68.1 Å². The van der Waals surface area contributed by atoms with Crippen molar-refractivity contribution in [2.75, 3.05) is 33.3 Å². The Balaban J connectivity index is 1.14. The average molecular weight is 732 g/mol. The number of carbonyl (C=O) groups is 1. The van der Waals surface area contributed by atoms with Crippen molar-refractivity contribution in [1.82, 2.24) is 19.8 Å². The van der Waals surface area contributed by atoms with Crippen LogP contribution in [0.3, 0.4) is 0 Å². The van der Waals surface area contributed by atoms with Gasteiger partial charge >= 0.3 is 5.97 Å². The minimum absolute atomic E-state index is 0.253. The van der Waals surface area contributed by atoms with Crippen molar-refractivity contribution in [3.8, 4) is 28.0 Å². The van der Waals surface area contributed by atoms with Crippen LogP contribution < -0.4 is 4.74 Å². The number of aromatic nitrogens is 2. The van der Waals surface area contributed by atoms with Gasteiger partial charge in [-0.2, -0.15) is 0 Å². The maximum absolute atomic E-state index is 11.4. The Morgan fingerprint density at radius 3 is 2.40 bits per heavy atom. The molecular formula is C39H40Cl2N4O4S. The van der Waals surface area contributed by atoms with Gasteiger partial charge in [-0.1, -0.05) is 65.7 Å². The number of carboxylic acids is 1. The molecule has 0 bridgehead atoms. The van der Waals surface area contributed by atoms with E-state index < -0.39 is 5.97 Å². The molecule has 7 rings (SSSR count). The third kappa shape index (κ3) is 7.26. The highest BCUT2D eigenvalue weighted by molar-refractivity contribution is 7.18. The van der Waals surface area contributed by atoms with Crippen molar-refractivity contribution in [2.24, 2.45) is 5.92 Å². The Hall–Kier alpha value is -3.57. The molecular weight excluding hydrogens is 691 g/mol. The number of piperidine rings is 1. The molecule has 1 unspecified atom stereocenters. The Bertz CT molecular complexity index is 2040. The van der Waals surface area contributed by atoms with Crippen molar-refractivity contribution in [3.63, 3.8) is 0 Å². The number of ether oxygens (including phenoxy) is 1. The van der Waals surface area contributed by atoms with Gasteiger partial charge in [-0.25, -0.2) is 4.98 Å². The summed E-state index contributed by atoms with van der Waals surface area (Å²) in [5, 5.41) is 21.6. The average Bonchev–Trinajstić information content (AvgIpc) is 3.72. The second kappa shape index (κ2) is 15.0. The highest BCUT2D eigenvalue weighted by Crippen LogP contribution is 2.42. The number of likely N-dealkylation sites (tertiary alicyclic amines) is 2. The van der Waals surface area contributed by atoms with E-state index in [0.29, 0.717) is 42.4 Å². The van der Waals surface area contributed by atoms with Crippen molar-refractivity contribution in [1.29, 1.82) is 0 Å². The first-order valence-corrected chi connectivity index (χ1v) is 18.6. The van der Waals surface area contributed by atoms with Crippen LogP contribution in [0.5, 0.6) is 5.75 Å². The van der Waals surface area contributed by atoms with E-state index >= 15 is 0 Å². The number of β-amino-alcohol motifs (C(OH)–C–C–N with tert-alkyl or cyclic N) is 1. The molecule has 2 aromatic heterocycles. The van der Waals surface area contributed by atoms with Gasteiger partial charge in [0, 0.05) is 54.5 Å². The predicted molar refractivity (Wildman–Crippen MR) is 200 cm³/mol. The molecule has 8 nitrogen and oxygen atoms in total. The smallest absolute Gasteiger partial charge is 0.306 e. The molecule has 0 radical (unpaired) electrons. The fraction of sp³-hybridized carbons (Fsp3) is 0.359. The Kier molecular flexibility index (Phi) is 10.4. The lowest BCUT2D eigenvalue weighted by Gasteiger charge is -2.29. The number of halogens is 2. The molecule has 0 spiro atoms. The molecule has 2 fully saturated rings. The van der Waals surface area contributed by atoms with Crippen molar-refractivity contribution >= 4 is 50.7 Å². The van der Waals surface area contributed by atoms with Gasteiger partial charge in [0.25, 0.3) is 0 Å². The summed E-state index contributed by atoms with van der Waals surface area (Å²) in [5.74, 6) is -0.149. The number of hydrogen-bond donors (Lipinski definition) is 2. The number of methoxy groups -OCH3 is 1. The van der Waals surface area contributed by atoms with Crippen LogP contribution in [0.2, 0.25) is 10.0 Å². The van der Waals surface area contributed by atoms with Crippen molar-refractivity contribution < 1.29 is 19.7 Å². The summed E-state index contributed by atoms with van der Waals surface area (Å²) in [7, 11) is 1.69. The van der Waals surface area contributed by atoms with Crippen LogP contribution in [0, 0.1) is 12.8 Å². The summed E-state index contributed by atoms with van der Waals surface area (Å²) < 4.78 is 6.94. The van der Waals surface area contributed by atoms with Gasteiger partial charge in [-0.15, -0.1) is 11.3 Å². The van der Waals surface area contributed by atoms with Crippen molar-refractivity contribution in [2.45, 2.75) is 51.8 Å². The normalized spacial score (nSPS) is 17.5. The van der Waals surface area contributed by atoms with Crippen LogP contribution in [0.15, 0.2) is 60.8 Å². The Labute approximate surface area is 306 Å². The number of thiazole rings is 1. The monoisotopic (exact) mass is 730 g/mol. The molecule has 3 aromatic carbocycles. The van der Waals surface area contributed by atoms with Gasteiger partial charge in [0.15, 0.2) is 0 Å². The molecule has 2 aliphatic heterocycles. The topological polar surface area (TPSA) is 99.0 Å². The number of benzene rings is 3. The summed E-state index contributed by atoms with van der Waals surface area (Å²) in [4.78, 5) is 25.6. The first-order valence-electron chi connectivity index (χ1n) is 17.0. The lowest BCUT2D eigenvalue weighted by Crippen LogP contribution is -2.35. The number of hydrogen-bond acceptors (Lipinski definition) is 8. The lowest BCUT2D eigenvalue weighted by molar-refractivity contribution is -0.143. The zero-order chi connectivity index (χ0) is 34.9. The van der Waals surface area contributed by atoms with Crippen molar-refractivity contribution in [3.05, 3.63) is 98.2 Å². The summed E-state index contributed by atoms with van der Waals surface area (Å²) in [6, 6.07) is 18.2. The molecule has 2 aliphatic rings. The van der Waals surface area contributed by atoms with E-state index in [0.717, 1.165) is 98.2 Å². The molecule has 5 aromatic rings. The lowest BCUT2D eigenvalue weighted by atomic mass is 9.94. The fourth-order valence-electron chi connectivity index (χ4n) is 7.25. The third-order valence-corrected chi connectivity index (χ3v) is 11.9. The van der Waals surface area contributed by atoms with Crippen LogP contribution in [0.4, 0.5) is 0 Å². The minimum Gasteiger partial charge on any atom is -0.496 e. The fourth-order valence-corrected chi connectivity index (χ4v) is 8.91. The molecule has 1 atom stereocenters. The van der Waals surface area contributed by atoms with Crippen LogP contribution in [0.1, 0.15) is 46.7 Å². The molecule has 0 saturated carbocycles. The number of rotatable bonds is 10. The number of nitrogens with zero attached hydrogens (tertiary/aromatic N) is 4. The first kappa shape index (κ1) is 34.9. The zero-order valence-corrected chi connectivity index (χ0v) is 30.5. The highest BCUT2D eigenvalue weighted by atomic mass is 35.5. The molecule has 50 heavy (non-hydrogen) atoms. The second-order valence-corrected chi connectivity index (χ2v) is 15.2. The maximum atomic E-state index is 11.4. The summed E-state index contributed by atoms with van der Waals surface area (Å²) in [6.45, 7) is 6.57. The summed E-state index contributed by atoms with van der Waals surface area (Å²) in [5.41, 5.74) is 8.44. The largest absolute Gasteiger partial charge is 0.496 e. The summed E-state index contributed by atoms with van der Waals surface area (Å²) >= 11 is 16.0. The second-order valence-electron chi connectivity index (χ2n) is 13.4. The third-order valence-electron chi connectivity index (χ3n) is 10.0. The molecule has 0 amide bonds. The van der Waals surface area contributed by atoms with Gasteiger partial charge in [0.2, 0.25) is 0 Å². The van der Waals surface area contributed by atoms with Crippen LogP contribution in [0.25, 0.3) is 32.5 Å². The van der Waals surface area contributed by atoms with E-state index in [2.05, 4.69) is 22.8 Å². The van der Waals surface area contributed by atoms with E-state index in [1.165, 1.54) is 0 Å². The van der Waals surface area contributed by atoms with E-state index in [1.54, 1.807) is 18.4 Å². The molecule has 2 N–H and O–H groups in total. The molecule has 2 saturated heterocycles. The number of carboxylic acid groups (broad SMARTS) is 1. The number of aliphatic hydroxyl groups is 1. The van der Waals surface area contributed by atoms with Gasteiger partial charge < -0.3 is 14.9 Å². The number of aliphatic carboxylic acids is 1. The standard InChI is InChI=1S/C39H40Cl2N4O4S/c1-23-17-26(19-33(49-2)31(23)21-45-16-12-27(46)20-45)28-6-4-8-30(37(28)41)29-7-3-5-25(36(29)40)18-32-38-34(9-13-42-32)50-35(43-38)22-44-14-10-24(11-15-44)39(47)48/h3-9,13,17,19,24,27,46H,10-12,14-16,18,20-22H2,1-2H3,(H,47,48). The Morgan fingerprint density at radius 2 is 1.68 bits per heavy atom. The van der Waals surface area contributed by atoms with Gasteiger partial charge in [0.1, 0.15) is 16.3 Å². The molecule has 4 heterocycles. The van der Waals surface area contributed by atoms with E-state index in [9.17, 15) is 15.0 Å². The highest BCUT2D eigenvalue weighted by Gasteiger charge is 2.26. The van der Waals surface area contributed by atoms with E-state index in [1.807, 2.05) is 54.7 Å². The predicted octanol–water partition coefficient (Wildman–Crippen LogP) is 8.10. The quantitative estimate of drug-likeness (QED) is 0.149. The minimum atomic E-state index is -0.699. The van der Waals surface area contributed by atoms with Crippen LogP contribution in [-0.2, 0) is 24.3 Å². The number of aliphatic hydroxyl groups excluding tert-OH is 1. The zero-order valence-electron chi connectivity index (χ0n) is 28.2. The Morgan fingerprint density at radius 1 is 0.960 bits per heavy atom. The van der Waals surface area contributed by atoms with Gasteiger partial charge in [-0.3, -0.25) is 19.6 Å². The van der Waals surface area contributed by atoms with E-state index in [-0.39, 0.29) is 12.0 Å². The number of aryl methyl sites for hydroxylation is 1.